The monoisotopic (exact) mass is 423 g/mol. The number of nitrogens with zero attached hydrogens (tertiary/aromatic N) is 1. The van der Waals surface area contributed by atoms with Crippen LogP contribution >= 0.6 is 22.6 Å². The standard InChI is InChI=1S/C19H22INO2/c1-2-3-4-5-12-23-18-11-6-15(19(22)13-18)14-21-17-9-7-16(20)8-10-17/h6-11,13-14,22H,2-5,12H2,1H3. The number of rotatable bonds is 8. The van der Waals surface area contributed by atoms with E-state index < -0.39 is 0 Å². The van der Waals surface area contributed by atoms with Crippen molar-refractivity contribution in [2.24, 2.45) is 4.99 Å². The summed E-state index contributed by atoms with van der Waals surface area (Å²) < 4.78 is 6.83. The molecule has 0 atom stereocenters. The minimum absolute atomic E-state index is 0.185. The number of phenols is 1. The van der Waals surface area contributed by atoms with Crippen molar-refractivity contribution in [2.75, 3.05) is 6.61 Å². The summed E-state index contributed by atoms with van der Waals surface area (Å²) in [4.78, 5) is 4.37. The topological polar surface area (TPSA) is 41.8 Å². The molecule has 23 heavy (non-hydrogen) atoms. The molecule has 122 valence electrons. The van der Waals surface area contributed by atoms with Crippen LogP contribution in [0.2, 0.25) is 0 Å². The molecule has 0 aliphatic rings. The fourth-order valence-electron chi connectivity index (χ4n) is 2.11. The van der Waals surface area contributed by atoms with Crippen molar-refractivity contribution in [1.82, 2.24) is 0 Å². The average Bonchev–Trinajstić information content (AvgIpc) is 2.55. The van der Waals surface area contributed by atoms with Gasteiger partial charge in [0.05, 0.1) is 12.3 Å². The van der Waals surface area contributed by atoms with E-state index in [1.54, 1.807) is 12.3 Å². The first-order valence-corrected chi connectivity index (χ1v) is 9.02. The van der Waals surface area contributed by atoms with Crippen molar-refractivity contribution >= 4 is 34.5 Å². The molecular weight excluding hydrogens is 401 g/mol. The number of phenolic OH excluding ortho intramolecular Hbond substituents is 1. The molecular formula is C19H22INO2. The Morgan fingerprint density at radius 1 is 1.09 bits per heavy atom. The first kappa shape index (κ1) is 17.8. The van der Waals surface area contributed by atoms with Crippen LogP contribution in [0.15, 0.2) is 47.5 Å². The van der Waals surface area contributed by atoms with Crippen LogP contribution in [0.1, 0.15) is 38.2 Å². The highest BCUT2D eigenvalue weighted by molar-refractivity contribution is 14.1. The van der Waals surface area contributed by atoms with Gasteiger partial charge in [0.2, 0.25) is 0 Å². The highest BCUT2D eigenvalue weighted by atomic mass is 127. The first-order chi connectivity index (χ1) is 11.2. The van der Waals surface area contributed by atoms with Gasteiger partial charge in [-0.2, -0.15) is 0 Å². The van der Waals surface area contributed by atoms with Crippen LogP contribution in [0.3, 0.4) is 0 Å². The molecule has 2 aromatic carbocycles. The second-order valence-corrected chi connectivity index (χ2v) is 6.61. The van der Waals surface area contributed by atoms with Crippen molar-refractivity contribution in [2.45, 2.75) is 32.6 Å². The predicted octanol–water partition coefficient (Wildman–Crippen LogP) is 5.71. The molecule has 0 bridgehead atoms. The second kappa shape index (κ2) is 9.55. The van der Waals surface area contributed by atoms with E-state index >= 15 is 0 Å². The van der Waals surface area contributed by atoms with Crippen molar-refractivity contribution in [3.05, 3.63) is 51.6 Å². The Labute approximate surface area is 151 Å². The fourth-order valence-corrected chi connectivity index (χ4v) is 2.47. The number of aromatic hydroxyl groups is 1. The van der Waals surface area contributed by atoms with Gasteiger partial charge in [-0.25, -0.2) is 0 Å². The number of benzene rings is 2. The van der Waals surface area contributed by atoms with Crippen LogP contribution in [0, 0.1) is 3.57 Å². The zero-order valence-electron chi connectivity index (χ0n) is 13.3. The summed E-state index contributed by atoms with van der Waals surface area (Å²) in [5.74, 6) is 0.885. The lowest BCUT2D eigenvalue weighted by Gasteiger charge is -2.07. The lowest BCUT2D eigenvalue weighted by molar-refractivity contribution is 0.303. The Bertz CT molecular complexity index is 638. The highest BCUT2D eigenvalue weighted by Crippen LogP contribution is 2.23. The van der Waals surface area contributed by atoms with E-state index in [-0.39, 0.29) is 5.75 Å². The summed E-state index contributed by atoms with van der Waals surface area (Å²) >= 11 is 2.26. The summed E-state index contributed by atoms with van der Waals surface area (Å²) in [6.45, 7) is 2.88. The molecule has 0 saturated carbocycles. The normalized spacial score (nSPS) is 11.0. The molecule has 0 radical (unpaired) electrons. The van der Waals surface area contributed by atoms with Crippen LogP contribution in [0.25, 0.3) is 0 Å². The van der Waals surface area contributed by atoms with Gasteiger partial charge in [-0.3, -0.25) is 4.99 Å². The predicted molar refractivity (Wildman–Crippen MR) is 104 cm³/mol. The van der Waals surface area contributed by atoms with Gasteiger partial charge in [-0.1, -0.05) is 26.2 Å². The van der Waals surface area contributed by atoms with Gasteiger partial charge in [-0.05, 0) is 65.4 Å². The molecule has 0 aliphatic heterocycles. The maximum atomic E-state index is 10.1. The van der Waals surface area contributed by atoms with Crippen LogP contribution in [0.5, 0.6) is 11.5 Å². The maximum Gasteiger partial charge on any atom is 0.128 e. The molecule has 0 spiro atoms. The fraction of sp³-hybridized carbons (Fsp3) is 0.316. The molecule has 0 amide bonds. The maximum absolute atomic E-state index is 10.1. The minimum atomic E-state index is 0.185. The zero-order chi connectivity index (χ0) is 16.5. The van der Waals surface area contributed by atoms with E-state index in [1.165, 1.54) is 22.8 Å². The van der Waals surface area contributed by atoms with Crippen molar-refractivity contribution in [3.63, 3.8) is 0 Å². The summed E-state index contributed by atoms with van der Waals surface area (Å²) in [7, 11) is 0. The molecule has 1 N–H and O–H groups in total. The van der Waals surface area contributed by atoms with Crippen molar-refractivity contribution in [3.8, 4) is 11.5 Å². The number of aliphatic imine (C=N–C) groups is 1. The number of hydrogen-bond donors (Lipinski definition) is 1. The molecule has 0 heterocycles. The van der Waals surface area contributed by atoms with E-state index in [1.807, 2.05) is 36.4 Å². The van der Waals surface area contributed by atoms with E-state index in [2.05, 4.69) is 34.5 Å². The Balaban J connectivity index is 1.92. The Kier molecular flexibility index (Phi) is 7.39. The third kappa shape index (κ3) is 6.22. The van der Waals surface area contributed by atoms with Crippen molar-refractivity contribution in [1.29, 1.82) is 0 Å². The van der Waals surface area contributed by atoms with E-state index in [0.717, 1.165) is 12.1 Å². The molecule has 2 rings (SSSR count). The van der Waals surface area contributed by atoms with Crippen LogP contribution in [0.4, 0.5) is 5.69 Å². The third-order valence-corrected chi connectivity index (χ3v) is 4.17. The number of hydrogen-bond acceptors (Lipinski definition) is 3. The Morgan fingerprint density at radius 3 is 2.57 bits per heavy atom. The van der Waals surface area contributed by atoms with Crippen LogP contribution in [-0.2, 0) is 0 Å². The summed E-state index contributed by atoms with van der Waals surface area (Å²) in [5, 5.41) is 10.1. The molecule has 4 heteroatoms. The van der Waals surface area contributed by atoms with Crippen molar-refractivity contribution < 1.29 is 9.84 Å². The van der Waals surface area contributed by atoms with E-state index in [4.69, 9.17) is 4.74 Å². The molecule has 0 unspecified atom stereocenters. The molecule has 3 nitrogen and oxygen atoms in total. The summed E-state index contributed by atoms with van der Waals surface area (Å²) in [6, 6.07) is 13.2. The second-order valence-electron chi connectivity index (χ2n) is 5.36. The third-order valence-electron chi connectivity index (χ3n) is 3.45. The molecule has 0 saturated heterocycles. The Morgan fingerprint density at radius 2 is 1.87 bits per heavy atom. The average molecular weight is 423 g/mol. The SMILES string of the molecule is CCCCCCOc1ccc(C=Nc2ccc(I)cc2)c(O)c1. The van der Waals surface area contributed by atoms with Gasteiger partial charge in [0.25, 0.3) is 0 Å². The molecule has 0 fully saturated rings. The van der Waals surface area contributed by atoms with E-state index in [9.17, 15) is 5.11 Å². The molecule has 0 aliphatic carbocycles. The van der Waals surface area contributed by atoms with E-state index in [0.29, 0.717) is 17.9 Å². The number of ether oxygens (including phenoxy) is 1. The molecule has 2 aromatic rings. The van der Waals surface area contributed by atoms with Gasteiger partial charge in [0.1, 0.15) is 11.5 Å². The largest absolute Gasteiger partial charge is 0.507 e. The summed E-state index contributed by atoms with van der Waals surface area (Å²) in [6.07, 6.45) is 6.36. The van der Waals surface area contributed by atoms with Gasteiger partial charge in [-0.15, -0.1) is 0 Å². The van der Waals surface area contributed by atoms with Crippen LogP contribution in [-0.4, -0.2) is 17.9 Å². The smallest absolute Gasteiger partial charge is 0.128 e. The lowest BCUT2D eigenvalue weighted by Crippen LogP contribution is -1.97. The zero-order valence-corrected chi connectivity index (χ0v) is 15.5. The lowest BCUT2D eigenvalue weighted by atomic mass is 10.2. The highest BCUT2D eigenvalue weighted by Gasteiger charge is 2.02. The Hall–Kier alpha value is -1.56. The van der Waals surface area contributed by atoms with Gasteiger partial charge >= 0.3 is 0 Å². The number of unbranched alkanes of at least 4 members (excludes halogenated alkanes) is 3. The first-order valence-electron chi connectivity index (χ1n) is 7.94. The quantitative estimate of drug-likeness (QED) is 0.336. The van der Waals surface area contributed by atoms with Gasteiger partial charge in [0, 0.05) is 21.4 Å². The van der Waals surface area contributed by atoms with Gasteiger partial charge in [0.15, 0.2) is 0 Å². The van der Waals surface area contributed by atoms with Gasteiger partial charge < -0.3 is 9.84 Å². The molecule has 0 aromatic heterocycles. The minimum Gasteiger partial charge on any atom is -0.507 e. The number of halogens is 1. The summed E-state index contributed by atoms with van der Waals surface area (Å²) in [5.41, 5.74) is 1.54. The van der Waals surface area contributed by atoms with Crippen LogP contribution < -0.4 is 4.74 Å².